The average Bonchev–Trinajstić information content (AvgIpc) is 2.85. The highest BCUT2D eigenvalue weighted by atomic mass is 35.5. The SMILES string of the molecule is CC(=O)NC1[NH2+]C(C)C(c2ccc(Cl)c(S(=O)(=O)NCCO)c2)S1. The van der Waals surface area contributed by atoms with Gasteiger partial charge in [-0.2, -0.15) is 0 Å². The van der Waals surface area contributed by atoms with Gasteiger partial charge >= 0.3 is 0 Å². The summed E-state index contributed by atoms with van der Waals surface area (Å²) < 4.78 is 26.9. The number of hydrogen-bond donors (Lipinski definition) is 4. The zero-order valence-corrected chi connectivity index (χ0v) is 15.7. The van der Waals surface area contributed by atoms with Crippen LogP contribution in [0, 0.1) is 0 Å². The molecule has 1 aromatic carbocycles. The lowest BCUT2D eigenvalue weighted by molar-refractivity contribution is -0.693. The maximum absolute atomic E-state index is 12.3. The Morgan fingerprint density at radius 3 is 2.79 bits per heavy atom. The predicted octanol–water partition coefficient (Wildman–Crippen LogP) is -0.230. The number of halogens is 1. The number of nitrogens with one attached hydrogen (secondary N) is 2. The fourth-order valence-electron chi connectivity index (χ4n) is 2.53. The molecule has 3 atom stereocenters. The first-order chi connectivity index (χ1) is 11.2. The summed E-state index contributed by atoms with van der Waals surface area (Å²) in [7, 11) is -3.79. The maximum Gasteiger partial charge on any atom is 0.242 e. The lowest BCUT2D eigenvalue weighted by Crippen LogP contribution is -2.93. The Morgan fingerprint density at radius 2 is 2.17 bits per heavy atom. The van der Waals surface area contributed by atoms with Crippen LogP contribution in [0.25, 0.3) is 0 Å². The summed E-state index contributed by atoms with van der Waals surface area (Å²) in [5, 5.41) is 13.8. The van der Waals surface area contributed by atoms with Crippen molar-refractivity contribution in [3.63, 3.8) is 0 Å². The maximum atomic E-state index is 12.3. The highest BCUT2D eigenvalue weighted by molar-refractivity contribution is 8.00. The van der Waals surface area contributed by atoms with E-state index in [-0.39, 0.29) is 45.8 Å². The number of benzene rings is 1. The third-order valence-corrected chi connectivity index (χ3v) is 7.08. The topological polar surface area (TPSA) is 112 Å². The first kappa shape index (κ1) is 19.5. The molecule has 0 radical (unpaired) electrons. The fraction of sp³-hybridized carbons (Fsp3) is 0.500. The van der Waals surface area contributed by atoms with Crippen LogP contribution < -0.4 is 15.4 Å². The van der Waals surface area contributed by atoms with E-state index in [1.165, 1.54) is 6.92 Å². The molecule has 1 amide bonds. The minimum absolute atomic E-state index is 0.00843. The van der Waals surface area contributed by atoms with Gasteiger partial charge in [-0.1, -0.05) is 29.4 Å². The molecule has 2 rings (SSSR count). The number of sulfonamides is 1. The molecule has 24 heavy (non-hydrogen) atoms. The zero-order valence-electron chi connectivity index (χ0n) is 13.3. The van der Waals surface area contributed by atoms with Gasteiger partial charge in [0.2, 0.25) is 21.4 Å². The quantitative estimate of drug-likeness (QED) is 0.532. The smallest absolute Gasteiger partial charge is 0.242 e. The minimum atomic E-state index is -3.79. The number of thioether (sulfide) groups is 1. The second-order valence-electron chi connectivity index (χ2n) is 5.54. The normalized spacial score (nSPS) is 24.1. The van der Waals surface area contributed by atoms with Crippen LogP contribution in [-0.2, 0) is 14.8 Å². The Hall–Kier alpha value is -0.840. The molecule has 0 saturated carbocycles. The molecule has 3 unspecified atom stereocenters. The number of rotatable bonds is 6. The number of carbonyl (C=O) groups excluding carboxylic acids is 1. The fourth-order valence-corrected chi connectivity index (χ4v) is 5.61. The second kappa shape index (κ2) is 8.03. The predicted molar refractivity (Wildman–Crippen MR) is 93.1 cm³/mol. The molecule has 1 aromatic rings. The molecule has 7 nitrogen and oxygen atoms in total. The number of hydrogen-bond acceptors (Lipinski definition) is 5. The van der Waals surface area contributed by atoms with Crippen LogP contribution in [0.2, 0.25) is 5.02 Å². The van der Waals surface area contributed by atoms with E-state index >= 15 is 0 Å². The molecule has 134 valence electrons. The van der Waals surface area contributed by atoms with E-state index in [0.29, 0.717) is 0 Å². The third kappa shape index (κ3) is 4.62. The molecule has 1 fully saturated rings. The van der Waals surface area contributed by atoms with Gasteiger partial charge < -0.3 is 10.4 Å². The van der Waals surface area contributed by atoms with Crippen LogP contribution in [0.3, 0.4) is 0 Å². The molecule has 1 heterocycles. The average molecular weight is 395 g/mol. The van der Waals surface area contributed by atoms with Crippen molar-refractivity contribution in [3.8, 4) is 0 Å². The first-order valence-corrected chi connectivity index (χ1v) is 10.2. The van der Waals surface area contributed by atoms with Crippen molar-refractivity contribution >= 4 is 39.3 Å². The summed E-state index contributed by atoms with van der Waals surface area (Å²) in [6, 6.07) is 5.07. The third-order valence-electron chi connectivity index (χ3n) is 3.57. The summed E-state index contributed by atoms with van der Waals surface area (Å²) in [4.78, 5) is 11.2. The van der Waals surface area contributed by atoms with Gasteiger partial charge in [-0.25, -0.2) is 13.1 Å². The van der Waals surface area contributed by atoms with E-state index in [4.69, 9.17) is 16.7 Å². The molecule has 0 aromatic heterocycles. The molecule has 0 spiro atoms. The monoisotopic (exact) mass is 394 g/mol. The molecule has 5 N–H and O–H groups in total. The van der Waals surface area contributed by atoms with Crippen molar-refractivity contribution in [3.05, 3.63) is 28.8 Å². The van der Waals surface area contributed by atoms with Gasteiger partial charge in [0.25, 0.3) is 0 Å². The Bertz CT molecular complexity index is 714. The number of carbonyl (C=O) groups is 1. The van der Waals surface area contributed by atoms with E-state index < -0.39 is 10.0 Å². The van der Waals surface area contributed by atoms with E-state index in [1.807, 2.05) is 12.2 Å². The van der Waals surface area contributed by atoms with Gasteiger partial charge in [-0.3, -0.25) is 10.1 Å². The highest BCUT2D eigenvalue weighted by Gasteiger charge is 2.37. The Balaban J connectivity index is 2.26. The van der Waals surface area contributed by atoms with E-state index in [1.54, 1.807) is 30.0 Å². The van der Waals surface area contributed by atoms with Gasteiger partial charge in [0, 0.05) is 13.5 Å². The minimum Gasteiger partial charge on any atom is -0.395 e. The Kier molecular flexibility index (Phi) is 6.52. The first-order valence-electron chi connectivity index (χ1n) is 7.42. The van der Waals surface area contributed by atoms with Gasteiger partial charge in [-0.15, -0.1) is 0 Å². The molecule has 10 heteroatoms. The lowest BCUT2D eigenvalue weighted by atomic mass is 10.1. The summed E-state index contributed by atoms with van der Waals surface area (Å²) in [6.07, 6.45) is 0. The number of quaternary nitrogens is 1. The van der Waals surface area contributed by atoms with Gasteiger partial charge in [0.1, 0.15) is 10.9 Å². The van der Waals surface area contributed by atoms with Crippen LogP contribution >= 0.6 is 23.4 Å². The van der Waals surface area contributed by atoms with Crippen molar-refractivity contribution < 1.29 is 23.6 Å². The van der Waals surface area contributed by atoms with Crippen molar-refractivity contribution in [1.82, 2.24) is 10.0 Å². The molecule has 0 aliphatic carbocycles. The molecular weight excluding hydrogens is 374 g/mol. The van der Waals surface area contributed by atoms with Crippen LogP contribution in [0.4, 0.5) is 0 Å². The van der Waals surface area contributed by atoms with Gasteiger partial charge in [-0.05, 0) is 24.6 Å². The Morgan fingerprint density at radius 1 is 1.46 bits per heavy atom. The van der Waals surface area contributed by atoms with Gasteiger partial charge in [0.15, 0.2) is 0 Å². The summed E-state index contributed by atoms with van der Waals surface area (Å²) >= 11 is 7.60. The lowest BCUT2D eigenvalue weighted by Gasteiger charge is -2.14. The van der Waals surface area contributed by atoms with Crippen LogP contribution in [0.5, 0.6) is 0 Å². The number of aliphatic hydroxyl groups is 1. The van der Waals surface area contributed by atoms with Crippen LogP contribution in [-0.4, -0.2) is 44.1 Å². The largest absolute Gasteiger partial charge is 0.395 e. The molecule has 1 saturated heterocycles. The molecule has 0 bridgehead atoms. The van der Waals surface area contributed by atoms with Crippen molar-refractivity contribution in [2.45, 2.75) is 35.5 Å². The standard InChI is InChI=1S/C14H20ClN3O4S2/c1-8-13(23-14(17-8)18-9(2)20)10-3-4-11(15)12(7-10)24(21,22)16-5-6-19/h3-4,7-8,13-14,16-17,19H,5-6H2,1-2H3,(H,18,20)/p+1. The number of aliphatic hydroxyl groups excluding tert-OH is 1. The van der Waals surface area contributed by atoms with Gasteiger partial charge in [0.05, 0.1) is 16.9 Å². The Labute approximate surface area is 150 Å². The molecule has 1 aliphatic rings. The zero-order chi connectivity index (χ0) is 17.9. The van der Waals surface area contributed by atoms with E-state index in [9.17, 15) is 13.2 Å². The molecular formula is C14H21ClN3O4S2+. The molecule has 1 aliphatic heterocycles. The second-order valence-corrected chi connectivity index (χ2v) is 8.97. The highest BCUT2D eigenvalue weighted by Crippen LogP contribution is 2.37. The summed E-state index contributed by atoms with van der Waals surface area (Å²) in [6.45, 7) is 3.12. The number of amides is 1. The number of nitrogens with two attached hydrogens (primary N) is 1. The van der Waals surface area contributed by atoms with Crippen molar-refractivity contribution in [2.75, 3.05) is 13.2 Å². The summed E-state index contributed by atoms with van der Waals surface area (Å²) in [5.74, 6) is -0.107. The van der Waals surface area contributed by atoms with Crippen molar-refractivity contribution in [2.24, 2.45) is 0 Å². The van der Waals surface area contributed by atoms with Crippen LogP contribution in [0.1, 0.15) is 24.7 Å². The van der Waals surface area contributed by atoms with E-state index in [2.05, 4.69) is 10.0 Å². The van der Waals surface area contributed by atoms with Crippen molar-refractivity contribution in [1.29, 1.82) is 0 Å². The summed E-state index contributed by atoms with van der Waals surface area (Å²) in [5.41, 5.74) is 0.719. The van der Waals surface area contributed by atoms with Crippen LogP contribution in [0.15, 0.2) is 23.1 Å². The van der Waals surface area contributed by atoms with E-state index in [0.717, 1.165) is 5.56 Å².